The molecule has 1 atom stereocenters. The zero-order valence-electron chi connectivity index (χ0n) is 9.53. The van der Waals surface area contributed by atoms with Crippen LogP contribution in [0.4, 0.5) is 11.5 Å². The van der Waals surface area contributed by atoms with Crippen molar-refractivity contribution in [3.63, 3.8) is 0 Å². The summed E-state index contributed by atoms with van der Waals surface area (Å²) in [6, 6.07) is 2.58. The van der Waals surface area contributed by atoms with E-state index in [9.17, 15) is 0 Å². The second-order valence-corrected chi connectivity index (χ2v) is 4.43. The maximum atomic E-state index is 5.66. The van der Waals surface area contributed by atoms with E-state index in [1.807, 2.05) is 12.3 Å². The molecule has 0 radical (unpaired) electrons. The van der Waals surface area contributed by atoms with E-state index in [1.54, 1.807) is 0 Å². The van der Waals surface area contributed by atoms with Crippen LogP contribution in [0.15, 0.2) is 12.3 Å². The van der Waals surface area contributed by atoms with Crippen LogP contribution in [0.5, 0.6) is 0 Å². The third-order valence-electron chi connectivity index (χ3n) is 3.22. The summed E-state index contributed by atoms with van der Waals surface area (Å²) in [6.45, 7) is 5.54. The van der Waals surface area contributed by atoms with Gasteiger partial charge in [-0.3, -0.25) is 0 Å². The number of aryl methyl sites for hydroxylation is 1. The molecule has 1 saturated heterocycles. The van der Waals surface area contributed by atoms with E-state index in [0.717, 1.165) is 6.54 Å². The van der Waals surface area contributed by atoms with Gasteiger partial charge in [0.15, 0.2) is 0 Å². The lowest BCUT2D eigenvalue weighted by atomic mass is 10.0. The number of piperidine rings is 1. The number of rotatable bonds is 1. The number of nitrogens with zero attached hydrogens (tertiary/aromatic N) is 2. The number of anilines is 2. The van der Waals surface area contributed by atoms with Crippen LogP contribution < -0.4 is 10.6 Å². The van der Waals surface area contributed by atoms with Crippen molar-refractivity contribution >= 4 is 11.5 Å². The van der Waals surface area contributed by atoms with Crippen LogP contribution in [0.2, 0.25) is 0 Å². The second kappa shape index (κ2) is 4.09. The Labute approximate surface area is 91.3 Å². The Balaban J connectivity index is 2.27. The summed E-state index contributed by atoms with van der Waals surface area (Å²) < 4.78 is 0. The van der Waals surface area contributed by atoms with Crippen molar-refractivity contribution in [3.8, 4) is 0 Å². The number of nitrogens with two attached hydrogens (primary N) is 1. The molecule has 0 amide bonds. The topological polar surface area (TPSA) is 42.1 Å². The van der Waals surface area contributed by atoms with Crippen LogP contribution in [0.3, 0.4) is 0 Å². The molecule has 2 N–H and O–H groups in total. The largest absolute Gasteiger partial charge is 0.384 e. The average Bonchev–Trinajstić information content (AvgIpc) is 2.20. The third kappa shape index (κ3) is 2.06. The second-order valence-electron chi connectivity index (χ2n) is 4.43. The molecular weight excluding hydrogens is 186 g/mol. The molecule has 0 spiro atoms. The zero-order valence-corrected chi connectivity index (χ0v) is 9.53. The number of pyridine rings is 1. The Bertz CT molecular complexity index is 349. The van der Waals surface area contributed by atoms with Crippen LogP contribution in [0, 0.1) is 6.92 Å². The molecule has 1 aliphatic rings. The lowest BCUT2D eigenvalue weighted by Crippen LogP contribution is -2.37. The van der Waals surface area contributed by atoms with E-state index in [-0.39, 0.29) is 0 Å². The highest BCUT2D eigenvalue weighted by Gasteiger charge is 2.19. The summed E-state index contributed by atoms with van der Waals surface area (Å²) in [6.07, 6.45) is 5.82. The van der Waals surface area contributed by atoms with Gasteiger partial charge in [0.2, 0.25) is 0 Å². The molecule has 1 aromatic heterocycles. The Morgan fingerprint density at radius 2 is 2.27 bits per heavy atom. The molecule has 3 heteroatoms. The van der Waals surface area contributed by atoms with E-state index in [1.165, 1.54) is 30.5 Å². The smallest absolute Gasteiger partial charge is 0.123 e. The molecular formula is C12H19N3. The number of nitrogen functional groups attached to an aromatic ring is 1. The molecule has 0 saturated carbocycles. The van der Waals surface area contributed by atoms with Gasteiger partial charge in [0.25, 0.3) is 0 Å². The Morgan fingerprint density at radius 1 is 1.47 bits per heavy atom. The van der Waals surface area contributed by atoms with Gasteiger partial charge in [0, 0.05) is 12.6 Å². The van der Waals surface area contributed by atoms with E-state index >= 15 is 0 Å². The molecule has 2 rings (SSSR count). The van der Waals surface area contributed by atoms with Crippen molar-refractivity contribution < 1.29 is 0 Å². The van der Waals surface area contributed by atoms with Crippen molar-refractivity contribution in [2.75, 3.05) is 17.2 Å². The molecule has 0 aliphatic carbocycles. The molecule has 1 fully saturated rings. The fraction of sp³-hybridized carbons (Fsp3) is 0.583. The van der Waals surface area contributed by atoms with Crippen molar-refractivity contribution in [2.45, 2.75) is 39.2 Å². The normalized spacial score (nSPS) is 21.7. The number of hydrogen-bond donors (Lipinski definition) is 1. The van der Waals surface area contributed by atoms with Gasteiger partial charge in [-0.1, -0.05) is 0 Å². The first kappa shape index (κ1) is 10.3. The minimum atomic E-state index is 0.612. The Morgan fingerprint density at radius 3 is 2.93 bits per heavy atom. The minimum Gasteiger partial charge on any atom is -0.384 e. The van der Waals surface area contributed by atoms with Gasteiger partial charge in [0.1, 0.15) is 5.82 Å². The van der Waals surface area contributed by atoms with E-state index in [0.29, 0.717) is 11.9 Å². The van der Waals surface area contributed by atoms with Crippen molar-refractivity contribution in [3.05, 3.63) is 17.8 Å². The molecule has 0 aromatic carbocycles. The average molecular weight is 205 g/mol. The number of aromatic nitrogens is 1. The van der Waals surface area contributed by atoms with Crippen LogP contribution in [-0.2, 0) is 0 Å². The summed E-state index contributed by atoms with van der Waals surface area (Å²) in [5.41, 5.74) is 8.14. The lowest BCUT2D eigenvalue weighted by Gasteiger charge is -2.36. The van der Waals surface area contributed by atoms with E-state index in [4.69, 9.17) is 5.73 Å². The van der Waals surface area contributed by atoms with Gasteiger partial charge in [-0.15, -0.1) is 0 Å². The highest BCUT2D eigenvalue weighted by Crippen LogP contribution is 2.27. The highest BCUT2D eigenvalue weighted by molar-refractivity contribution is 5.55. The maximum Gasteiger partial charge on any atom is 0.123 e. The summed E-state index contributed by atoms with van der Waals surface area (Å²) in [4.78, 5) is 6.64. The molecule has 3 nitrogen and oxygen atoms in total. The van der Waals surface area contributed by atoms with Gasteiger partial charge >= 0.3 is 0 Å². The predicted octanol–water partition coefficient (Wildman–Crippen LogP) is 2.35. The van der Waals surface area contributed by atoms with Crippen molar-refractivity contribution in [1.29, 1.82) is 0 Å². The minimum absolute atomic E-state index is 0.612. The van der Waals surface area contributed by atoms with Crippen LogP contribution in [0.1, 0.15) is 31.7 Å². The van der Waals surface area contributed by atoms with Crippen LogP contribution in [-0.4, -0.2) is 17.6 Å². The van der Waals surface area contributed by atoms with Gasteiger partial charge in [-0.25, -0.2) is 4.98 Å². The van der Waals surface area contributed by atoms with Gasteiger partial charge in [-0.2, -0.15) is 0 Å². The molecule has 15 heavy (non-hydrogen) atoms. The maximum absolute atomic E-state index is 5.66. The molecule has 0 bridgehead atoms. The SMILES string of the molecule is Cc1cc(N)ncc1N1CCCCC1C. The van der Waals surface area contributed by atoms with Crippen LogP contribution in [0.25, 0.3) is 0 Å². The van der Waals surface area contributed by atoms with Crippen molar-refractivity contribution in [1.82, 2.24) is 4.98 Å². The summed E-state index contributed by atoms with van der Waals surface area (Å²) in [5.74, 6) is 0.612. The summed E-state index contributed by atoms with van der Waals surface area (Å²) in [5, 5.41) is 0. The first-order chi connectivity index (χ1) is 7.18. The van der Waals surface area contributed by atoms with Crippen LogP contribution >= 0.6 is 0 Å². The van der Waals surface area contributed by atoms with Gasteiger partial charge < -0.3 is 10.6 Å². The standard InChI is InChI=1S/C12H19N3/c1-9-7-12(13)14-8-11(9)15-6-4-3-5-10(15)2/h7-8,10H,3-6H2,1-2H3,(H2,13,14). The first-order valence-electron chi connectivity index (χ1n) is 5.67. The molecule has 2 heterocycles. The van der Waals surface area contributed by atoms with Gasteiger partial charge in [0.05, 0.1) is 11.9 Å². The van der Waals surface area contributed by atoms with E-state index < -0.39 is 0 Å². The molecule has 82 valence electrons. The monoisotopic (exact) mass is 205 g/mol. The number of hydrogen-bond acceptors (Lipinski definition) is 3. The van der Waals surface area contributed by atoms with E-state index in [2.05, 4.69) is 23.7 Å². The first-order valence-corrected chi connectivity index (χ1v) is 5.67. The Kier molecular flexibility index (Phi) is 2.80. The quantitative estimate of drug-likeness (QED) is 0.765. The predicted molar refractivity (Wildman–Crippen MR) is 64.0 cm³/mol. The van der Waals surface area contributed by atoms with Gasteiger partial charge in [-0.05, 0) is 44.7 Å². The fourth-order valence-electron chi connectivity index (χ4n) is 2.33. The highest BCUT2D eigenvalue weighted by atomic mass is 15.2. The third-order valence-corrected chi connectivity index (χ3v) is 3.22. The van der Waals surface area contributed by atoms with Crippen molar-refractivity contribution in [2.24, 2.45) is 0 Å². The fourth-order valence-corrected chi connectivity index (χ4v) is 2.33. The molecule has 1 aromatic rings. The summed E-state index contributed by atoms with van der Waals surface area (Å²) in [7, 11) is 0. The lowest BCUT2D eigenvalue weighted by molar-refractivity contribution is 0.484. The molecule has 1 unspecified atom stereocenters. The Hall–Kier alpha value is -1.25. The molecule has 1 aliphatic heterocycles. The zero-order chi connectivity index (χ0) is 10.8. The summed E-state index contributed by atoms with van der Waals surface area (Å²) >= 11 is 0.